The van der Waals surface area contributed by atoms with E-state index in [1.54, 1.807) is 6.07 Å². The Balaban J connectivity index is 0.00000162. The van der Waals surface area contributed by atoms with E-state index in [4.69, 9.17) is 5.73 Å². The Bertz CT molecular complexity index is 397. The third-order valence-electron chi connectivity index (χ3n) is 3.68. The Hall–Kier alpha value is -0.640. The summed E-state index contributed by atoms with van der Waals surface area (Å²) in [4.78, 5) is 2.40. The van der Waals surface area contributed by atoms with E-state index in [0.29, 0.717) is 12.0 Å². The van der Waals surface area contributed by atoms with Gasteiger partial charge in [0.05, 0.1) is 0 Å². The fraction of sp³-hybridized carbons (Fsp3) is 0.571. The normalized spacial score (nSPS) is 24.7. The molecule has 0 bridgehead atoms. The summed E-state index contributed by atoms with van der Waals surface area (Å²) in [5.74, 6) is 0.424. The van der Waals surface area contributed by atoms with Crippen LogP contribution in [0.15, 0.2) is 18.2 Å². The van der Waals surface area contributed by atoms with Crippen molar-refractivity contribution in [2.45, 2.75) is 32.9 Å². The molecule has 1 aliphatic rings. The van der Waals surface area contributed by atoms with Crippen LogP contribution in [0.2, 0.25) is 0 Å². The molecule has 102 valence electrons. The Morgan fingerprint density at radius 3 is 2.78 bits per heavy atom. The second kappa shape index (κ2) is 6.50. The van der Waals surface area contributed by atoms with Crippen LogP contribution in [0.25, 0.3) is 0 Å². The summed E-state index contributed by atoms with van der Waals surface area (Å²) in [6, 6.07) is 5.71. The van der Waals surface area contributed by atoms with E-state index < -0.39 is 0 Å². The number of aryl methyl sites for hydroxylation is 1. The van der Waals surface area contributed by atoms with E-state index in [-0.39, 0.29) is 18.2 Å². The number of hydrogen-bond donors (Lipinski definition) is 1. The molecule has 2 rings (SSSR count). The van der Waals surface area contributed by atoms with Crippen LogP contribution in [0.1, 0.15) is 24.5 Å². The van der Waals surface area contributed by atoms with Gasteiger partial charge in [-0.15, -0.1) is 12.4 Å². The topological polar surface area (TPSA) is 29.3 Å². The largest absolute Gasteiger partial charge is 0.327 e. The van der Waals surface area contributed by atoms with Crippen LogP contribution < -0.4 is 5.73 Å². The molecule has 0 spiro atoms. The van der Waals surface area contributed by atoms with Crippen molar-refractivity contribution < 1.29 is 4.39 Å². The third-order valence-corrected chi connectivity index (χ3v) is 3.68. The minimum absolute atomic E-state index is 0. The first-order chi connectivity index (χ1) is 8.06. The summed E-state index contributed by atoms with van der Waals surface area (Å²) in [5, 5.41) is 0. The van der Waals surface area contributed by atoms with E-state index in [9.17, 15) is 4.39 Å². The zero-order valence-electron chi connectivity index (χ0n) is 11.0. The van der Waals surface area contributed by atoms with Gasteiger partial charge in [0, 0.05) is 19.1 Å². The number of hydrogen-bond acceptors (Lipinski definition) is 2. The molecule has 0 amide bonds. The van der Waals surface area contributed by atoms with Crippen LogP contribution >= 0.6 is 12.4 Å². The smallest absolute Gasteiger partial charge is 0.126 e. The SMILES string of the molecule is Cc1cc(CN2CCC(N)C(C)C2)ccc1F.Cl. The average molecular weight is 273 g/mol. The summed E-state index contributed by atoms with van der Waals surface area (Å²) < 4.78 is 13.2. The van der Waals surface area contributed by atoms with E-state index in [2.05, 4.69) is 11.8 Å². The highest BCUT2D eigenvalue weighted by atomic mass is 35.5. The molecule has 2 nitrogen and oxygen atoms in total. The predicted molar refractivity (Wildman–Crippen MR) is 75.4 cm³/mol. The molecule has 4 heteroatoms. The van der Waals surface area contributed by atoms with Crippen LogP contribution in [0.3, 0.4) is 0 Å². The quantitative estimate of drug-likeness (QED) is 0.897. The van der Waals surface area contributed by atoms with Crippen molar-refractivity contribution in [3.63, 3.8) is 0 Å². The zero-order chi connectivity index (χ0) is 12.4. The molecule has 1 aliphatic heterocycles. The Kier molecular flexibility index (Phi) is 5.57. The van der Waals surface area contributed by atoms with Gasteiger partial charge >= 0.3 is 0 Å². The molecule has 0 aliphatic carbocycles. The van der Waals surface area contributed by atoms with Crippen LogP contribution in [0.5, 0.6) is 0 Å². The standard InChI is InChI=1S/C14H21FN2.ClH/c1-10-7-12(3-4-13(10)15)9-17-6-5-14(16)11(2)8-17;/h3-4,7,11,14H,5-6,8-9,16H2,1-2H3;1H. The summed E-state index contributed by atoms with van der Waals surface area (Å²) in [6.07, 6.45) is 1.06. The van der Waals surface area contributed by atoms with Crippen LogP contribution in [0.4, 0.5) is 4.39 Å². The molecule has 0 aromatic heterocycles. The van der Waals surface area contributed by atoms with Gasteiger partial charge < -0.3 is 5.73 Å². The van der Waals surface area contributed by atoms with Gasteiger partial charge in [-0.05, 0) is 43.0 Å². The summed E-state index contributed by atoms with van der Waals surface area (Å²) >= 11 is 0. The summed E-state index contributed by atoms with van der Waals surface area (Å²) in [6.45, 7) is 7.00. The number of benzene rings is 1. The van der Waals surface area contributed by atoms with Gasteiger partial charge in [0.1, 0.15) is 5.82 Å². The van der Waals surface area contributed by atoms with Gasteiger partial charge in [-0.2, -0.15) is 0 Å². The molecule has 2 atom stereocenters. The van der Waals surface area contributed by atoms with E-state index in [1.807, 2.05) is 19.1 Å². The molecular formula is C14H22ClFN2. The van der Waals surface area contributed by atoms with Crippen molar-refractivity contribution in [2.75, 3.05) is 13.1 Å². The summed E-state index contributed by atoms with van der Waals surface area (Å²) in [7, 11) is 0. The van der Waals surface area contributed by atoms with Crippen molar-refractivity contribution in [3.8, 4) is 0 Å². The van der Waals surface area contributed by atoms with Crippen LogP contribution in [0, 0.1) is 18.7 Å². The molecule has 2 unspecified atom stereocenters. The molecule has 1 aromatic carbocycles. The van der Waals surface area contributed by atoms with Crippen molar-refractivity contribution in [2.24, 2.45) is 11.7 Å². The van der Waals surface area contributed by atoms with Crippen LogP contribution in [-0.2, 0) is 6.54 Å². The zero-order valence-corrected chi connectivity index (χ0v) is 11.8. The lowest BCUT2D eigenvalue weighted by Crippen LogP contribution is -2.45. The van der Waals surface area contributed by atoms with Crippen LogP contribution in [-0.4, -0.2) is 24.0 Å². The van der Waals surface area contributed by atoms with Crippen molar-refractivity contribution in [1.82, 2.24) is 4.90 Å². The number of nitrogens with two attached hydrogens (primary N) is 1. The molecule has 18 heavy (non-hydrogen) atoms. The molecule has 0 saturated carbocycles. The van der Waals surface area contributed by atoms with Crippen molar-refractivity contribution >= 4 is 12.4 Å². The van der Waals surface area contributed by atoms with Gasteiger partial charge in [-0.3, -0.25) is 4.90 Å². The van der Waals surface area contributed by atoms with Gasteiger partial charge in [-0.25, -0.2) is 4.39 Å². The molecular weight excluding hydrogens is 251 g/mol. The van der Waals surface area contributed by atoms with Gasteiger partial charge in [0.25, 0.3) is 0 Å². The Morgan fingerprint density at radius 2 is 2.17 bits per heavy atom. The first-order valence-corrected chi connectivity index (χ1v) is 6.29. The van der Waals surface area contributed by atoms with E-state index >= 15 is 0 Å². The highest BCUT2D eigenvalue weighted by Crippen LogP contribution is 2.18. The lowest BCUT2D eigenvalue weighted by molar-refractivity contribution is 0.158. The fourth-order valence-electron chi connectivity index (χ4n) is 2.46. The highest BCUT2D eigenvalue weighted by Gasteiger charge is 2.22. The second-order valence-corrected chi connectivity index (χ2v) is 5.25. The maximum atomic E-state index is 13.2. The predicted octanol–water partition coefficient (Wildman–Crippen LogP) is 2.73. The highest BCUT2D eigenvalue weighted by molar-refractivity contribution is 5.85. The molecule has 1 fully saturated rings. The number of rotatable bonds is 2. The maximum absolute atomic E-state index is 13.2. The molecule has 0 radical (unpaired) electrons. The molecule has 1 saturated heterocycles. The van der Waals surface area contributed by atoms with Crippen molar-refractivity contribution in [1.29, 1.82) is 0 Å². The van der Waals surface area contributed by atoms with Gasteiger partial charge in [-0.1, -0.05) is 19.1 Å². The summed E-state index contributed by atoms with van der Waals surface area (Å²) in [5.41, 5.74) is 7.91. The number of likely N-dealkylation sites (tertiary alicyclic amines) is 1. The maximum Gasteiger partial charge on any atom is 0.126 e. The molecule has 1 heterocycles. The first-order valence-electron chi connectivity index (χ1n) is 6.29. The monoisotopic (exact) mass is 272 g/mol. The number of nitrogens with zero attached hydrogens (tertiary/aromatic N) is 1. The number of piperidine rings is 1. The molecule has 1 aromatic rings. The fourth-order valence-corrected chi connectivity index (χ4v) is 2.46. The Morgan fingerprint density at radius 1 is 1.44 bits per heavy atom. The number of halogens is 2. The lowest BCUT2D eigenvalue weighted by atomic mass is 9.94. The minimum atomic E-state index is -0.122. The second-order valence-electron chi connectivity index (χ2n) is 5.25. The third kappa shape index (κ3) is 3.67. The lowest BCUT2D eigenvalue weighted by Gasteiger charge is -2.35. The van der Waals surface area contributed by atoms with Gasteiger partial charge in [0.15, 0.2) is 0 Å². The van der Waals surface area contributed by atoms with Gasteiger partial charge in [0.2, 0.25) is 0 Å². The average Bonchev–Trinajstić information content (AvgIpc) is 2.29. The minimum Gasteiger partial charge on any atom is -0.327 e. The molecule has 2 N–H and O–H groups in total. The van der Waals surface area contributed by atoms with E-state index in [0.717, 1.165) is 31.6 Å². The van der Waals surface area contributed by atoms with Crippen molar-refractivity contribution in [3.05, 3.63) is 35.1 Å². The van der Waals surface area contributed by atoms with E-state index in [1.165, 1.54) is 5.56 Å². The Labute approximate surface area is 115 Å². The first kappa shape index (κ1) is 15.4.